The molecule has 0 unspecified atom stereocenters. The first-order valence-corrected chi connectivity index (χ1v) is 6.81. The maximum atomic E-state index is 5.79. The van der Waals surface area contributed by atoms with E-state index in [9.17, 15) is 0 Å². The first-order chi connectivity index (χ1) is 9.90. The first-order valence-electron chi connectivity index (χ1n) is 6.81. The summed E-state index contributed by atoms with van der Waals surface area (Å²) < 4.78 is 16.1. The van der Waals surface area contributed by atoms with Gasteiger partial charge in [0.25, 0.3) is 0 Å². The van der Waals surface area contributed by atoms with Gasteiger partial charge in [-0.1, -0.05) is 30.3 Å². The zero-order valence-electron chi connectivity index (χ0n) is 11.8. The van der Waals surface area contributed by atoms with Crippen LogP contribution < -0.4 is 5.32 Å². The van der Waals surface area contributed by atoms with Gasteiger partial charge in [0, 0.05) is 19.2 Å². The fourth-order valence-electron chi connectivity index (χ4n) is 1.83. The van der Waals surface area contributed by atoms with Gasteiger partial charge >= 0.3 is 0 Å². The topological polar surface area (TPSA) is 43.6 Å². The van der Waals surface area contributed by atoms with E-state index >= 15 is 0 Å². The average Bonchev–Trinajstić information content (AvgIpc) is 2.96. The van der Waals surface area contributed by atoms with Crippen molar-refractivity contribution in [3.05, 3.63) is 48.2 Å². The summed E-state index contributed by atoms with van der Waals surface area (Å²) in [7, 11) is 1.67. The molecule has 0 saturated carbocycles. The summed E-state index contributed by atoms with van der Waals surface area (Å²) >= 11 is 0. The van der Waals surface area contributed by atoms with E-state index in [2.05, 4.69) is 5.32 Å². The van der Waals surface area contributed by atoms with Crippen LogP contribution in [0.25, 0.3) is 11.3 Å². The molecule has 2 aromatic rings. The molecule has 0 fully saturated rings. The second-order valence-corrected chi connectivity index (χ2v) is 4.41. The van der Waals surface area contributed by atoms with Crippen LogP contribution in [0.5, 0.6) is 0 Å². The molecule has 0 atom stereocenters. The minimum absolute atomic E-state index is 0.636. The van der Waals surface area contributed by atoms with Gasteiger partial charge < -0.3 is 19.2 Å². The van der Waals surface area contributed by atoms with Crippen molar-refractivity contribution in [2.24, 2.45) is 0 Å². The fraction of sp³-hybridized carbons (Fsp3) is 0.375. The van der Waals surface area contributed by atoms with Crippen LogP contribution in [0.3, 0.4) is 0 Å². The standard InChI is InChI=1S/C16H21NO3/c1-18-11-12-19-10-9-17-13-15-7-8-16(20-15)14-5-3-2-4-6-14/h2-8,17H,9-13H2,1H3. The summed E-state index contributed by atoms with van der Waals surface area (Å²) in [5.74, 6) is 1.83. The molecule has 1 aromatic carbocycles. The van der Waals surface area contributed by atoms with Gasteiger partial charge in [0.1, 0.15) is 11.5 Å². The third-order valence-corrected chi connectivity index (χ3v) is 2.87. The van der Waals surface area contributed by atoms with Gasteiger partial charge in [-0.25, -0.2) is 0 Å². The second kappa shape index (κ2) is 8.53. The van der Waals surface area contributed by atoms with Crippen LogP contribution in [0.1, 0.15) is 5.76 Å². The number of hydrogen-bond donors (Lipinski definition) is 1. The Kier molecular flexibility index (Phi) is 6.31. The predicted octanol–water partition coefficient (Wildman–Crippen LogP) is 2.70. The summed E-state index contributed by atoms with van der Waals surface area (Å²) in [4.78, 5) is 0. The van der Waals surface area contributed by atoms with Gasteiger partial charge in [0.2, 0.25) is 0 Å². The van der Waals surface area contributed by atoms with Crippen molar-refractivity contribution in [3.63, 3.8) is 0 Å². The molecule has 1 aromatic heterocycles. The molecule has 0 saturated heterocycles. The normalized spacial score (nSPS) is 10.8. The summed E-state index contributed by atoms with van der Waals surface area (Å²) in [6.45, 7) is 3.46. The molecule has 108 valence electrons. The average molecular weight is 275 g/mol. The molecule has 0 spiro atoms. The quantitative estimate of drug-likeness (QED) is 0.715. The summed E-state index contributed by atoms with van der Waals surface area (Å²) in [5.41, 5.74) is 1.10. The molecule has 4 heteroatoms. The molecular weight excluding hydrogens is 254 g/mol. The lowest BCUT2D eigenvalue weighted by Gasteiger charge is -2.04. The summed E-state index contributed by atoms with van der Waals surface area (Å²) in [6, 6.07) is 14.1. The van der Waals surface area contributed by atoms with Crippen molar-refractivity contribution in [1.29, 1.82) is 0 Å². The van der Waals surface area contributed by atoms with Gasteiger partial charge in [0.15, 0.2) is 0 Å². The lowest BCUT2D eigenvalue weighted by Crippen LogP contribution is -2.19. The molecule has 0 radical (unpaired) electrons. The highest BCUT2D eigenvalue weighted by atomic mass is 16.5. The smallest absolute Gasteiger partial charge is 0.134 e. The molecule has 1 N–H and O–H groups in total. The lowest BCUT2D eigenvalue weighted by molar-refractivity contribution is 0.0717. The molecule has 0 aliphatic carbocycles. The molecule has 0 bridgehead atoms. The highest BCUT2D eigenvalue weighted by Crippen LogP contribution is 2.21. The third-order valence-electron chi connectivity index (χ3n) is 2.87. The van der Waals surface area contributed by atoms with Crippen molar-refractivity contribution in [1.82, 2.24) is 5.32 Å². The number of nitrogens with one attached hydrogen (secondary N) is 1. The van der Waals surface area contributed by atoms with Crippen LogP contribution in [0.4, 0.5) is 0 Å². The molecule has 0 aliphatic heterocycles. The van der Waals surface area contributed by atoms with Gasteiger partial charge in [-0.15, -0.1) is 0 Å². The number of hydrogen-bond acceptors (Lipinski definition) is 4. The zero-order chi connectivity index (χ0) is 14.0. The van der Waals surface area contributed by atoms with Crippen LogP contribution in [-0.2, 0) is 16.0 Å². The van der Waals surface area contributed by atoms with Gasteiger partial charge in [0.05, 0.1) is 26.4 Å². The molecule has 0 aliphatic rings. The highest BCUT2D eigenvalue weighted by Gasteiger charge is 2.03. The van der Waals surface area contributed by atoms with Crippen molar-refractivity contribution < 1.29 is 13.9 Å². The fourth-order valence-corrected chi connectivity index (χ4v) is 1.83. The number of benzene rings is 1. The maximum absolute atomic E-state index is 5.79. The monoisotopic (exact) mass is 275 g/mol. The van der Waals surface area contributed by atoms with Crippen LogP contribution in [-0.4, -0.2) is 33.5 Å². The van der Waals surface area contributed by atoms with E-state index in [1.807, 2.05) is 42.5 Å². The van der Waals surface area contributed by atoms with Crippen molar-refractivity contribution in [2.75, 3.05) is 33.5 Å². The largest absolute Gasteiger partial charge is 0.460 e. The van der Waals surface area contributed by atoms with Gasteiger partial charge in [-0.2, -0.15) is 0 Å². The number of ether oxygens (including phenoxy) is 2. The number of furan rings is 1. The maximum Gasteiger partial charge on any atom is 0.134 e. The number of rotatable bonds is 9. The van der Waals surface area contributed by atoms with Crippen LogP contribution in [0, 0.1) is 0 Å². The van der Waals surface area contributed by atoms with Gasteiger partial charge in [-0.05, 0) is 12.1 Å². The third kappa shape index (κ3) is 4.81. The molecule has 20 heavy (non-hydrogen) atoms. The Morgan fingerprint density at radius 3 is 2.65 bits per heavy atom. The zero-order valence-corrected chi connectivity index (χ0v) is 11.8. The Hall–Kier alpha value is -1.62. The summed E-state index contributed by atoms with van der Waals surface area (Å²) in [6.07, 6.45) is 0. The first kappa shape index (κ1) is 14.8. The van der Waals surface area contributed by atoms with Crippen molar-refractivity contribution >= 4 is 0 Å². The Balaban J connectivity index is 1.69. The highest BCUT2D eigenvalue weighted by molar-refractivity contribution is 5.57. The van der Waals surface area contributed by atoms with E-state index in [1.54, 1.807) is 7.11 Å². The van der Waals surface area contributed by atoms with E-state index in [4.69, 9.17) is 13.9 Å². The Bertz CT molecular complexity index is 481. The minimum Gasteiger partial charge on any atom is -0.460 e. The summed E-state index contributed by atoms with van der Waals surface area (Å²) in [5, 5.41) is 3.28. The van der Waals surface area contributed by atoms with E-state index in [-0.39, 0.29) is 0 Å². The molecular formula is C16H21NO3. The Labute approximate surface area is 119 Å². The predicted molar refractivity (Wildman–Crippen MR) is 78.5 cm³/mol. The van der Waals surface area contributed by atoms with E-state index in [0.29, 0.717) is 26.4 Å². The molecule has 1 heterocycles. The Morgan fingerprint density at radius 2 is 1.85 bits per heavy atom. The van der Waals surface area contributed by atoms with Gasteiger partial charge in [-0.3, -0.25) is 0 Å². The van der Waals surface area contributed by atoms with E-state index < -0.39 is 0 Å². The van der Waals surface area contributed by atoms with Crippen molar-refractivity contribution in [2.45, 2.75) is 6.54 Å². The van der Waals surface area contributed by atoms with Crippen LogP contribution >= 0.6 is 0 Å². The van der Waals surface area contributed by atoms with Crippen LogP contribution in [0.2, 0.25) is 0 Å². The van der Waals surface area contributed by atoms with E-state index in [0.717, 1.165) is 23.6 Å². The minimum atomic E-state index is 0.636. The van der Waals surface area contributed by atoms with Crippen molar-refractivity contribution in [3.8, 4) is 11.3 Å². The number of methoxy groups -OCH3 is 1. The van der Waals surface area contributed by atoms with Crippen LogP contribution in [0.15, 0.2) is 46.9 Å². The van der Waals surface area contributed by atoms with E-state index in [1.165, 1.54) is 0 Å². The second-order valence-electron chi connectivity index (χ2n) is 4.41. The molecule has 0 amide bonds. The lowest BCUT2D eigenvalue weighted by atomic mass is 10.2. The SMILES string of the molecule is COCCOCCNCc1ccc(-c2ccccc2)o1. The molecule has 4 nitrogen and oxygen atoms in total. The molecule has 2 rings (SSSR count). The Morgan fingerprint density at radius 1 is 1.00 bits per heavy atom.